The van der Waals surface area contributed by atoms with Gasteiger partial charge < -0.3 is 10.2 Å². The van der Waals surface area contributed by atoms with Crippen molar-refractivity contribution >= 4 is 17.1 Å². The molecule has 0 aromatic carbocycles. The Labute approximate surface area is 163 Å². The van der Waals surface area contributed by atoms with E-state index < -0.39 is 0 Å². The van der Waals surface area contributed by atoms with E-state index in [1.807, 2.05) is 47.3 Å². The van der Waals surface area contributed by atoms with Crippen LogP contribution in [0, 0.1) is 11.8 Å². The monoisotopic (exact) mass is 376 g/mol. The van der Waals surface area contributed by atoms with Crippen LogP contribution in [0.25, 0.3) is 16.6 Å². The van der Waals surface area contributed by atoms with E-state index in [9.17, 15) is 4.79 Å². The molecule has 1 amide bonds. The maximum absolute atomic E-state index is 12.0. The first kappa shape index (κ1) is 17.0. The highest BCUT2D eigenvalue weighted by Crippen LogP contribution is 2.42. The Bertz CT molecular complexity index is 1050. The fourth-order valence-electron chi connectivity index (χ4n) is 4.84. The maximum atomic E-state index is 12.0. The number of nitrogens with zero attached hydrogens (tertiary/aromatic N) is 5. The number of carbonyl (C=O) groups is 1. The third kappa shape index (κ3) is 2.78. The molecular formula is C21H24N6O. The summed E-state index contributed by atoms with van der Waals surface area (Å²) in [5.74, 6) is 1.23. The van der Waals surface area contributed by atoms with Gasteiger partial charge in [-0.05, 0) is 42.9 Å². The third-order valence-electron chi connectivity index (χ3n) is 6.25. The topological polar surface area (TPSA) is 67.5 Å². The van der Waals surface area contributed by atoms with Crippen molar-refractivity contribution in [1.82, 2.24) is 24.3 Å². The minimum absolute atomic E-state index is 0.0732. The fourth-order valence-corrected chi connectivity index (χ4v) is 4.84. The highest BCUT2D eigenvalue weighted by molar-refractivity contribution is 5.87. The molecule has 1 saturated heterocycles. The number of hydrogen-bond donors (Lipinski definition) is 1. The number of amides is 1. The summed E-state index contributed by atoms with van der Waals surface area (Å²) in [7, 11) is 1.92. The van der Waals surface area contributed by atoms with Crippen molar-refractivity contribution < 1.29 is 4.79 Å². The van der Waals surface area contributed by atoms with Crippen LogP contribution in [0.15, 0.2) is 49.6 Å². The van der Waals surface area contributed by atoms with Gasteiger partial charge in [-0.3, -0.25) is 9.48 Å². The number of carbonyl (C=O) groups excluding carboxylic acids is 1. The Morgan fingerprint density at radius 1 is 1.32 bits per heavy atom. The van der Waals surface area contributed by atoms with Gasteiger partial charge in [0.15, 0.2) is 0 Å². The predicted molar refractivity (Wildman–Crippen MR) is 108 cm³/mol. The lowest BCUT2D eigenvalue weighted by atomic mass is 9.94. The molecule has 2 bridgehead atoms. The number of nitrogens with one attached hydrogen (secondary N) is 1. The second-order valence-corrected chi connectivity index (χ2v) is 7.93. The Morgan fingerprint density at radius 3 is 2.93 bits per heavy atom. The molecule has 3 aromatic heterocycles. The predicted octanol–water partition coefficient (Wildman–Crippen LogP) is 2.57. The SMILES string of the molecule is C=CC(=O)N1C[C@@H]2CC1C[C@H]2CNc1cc(-c2cnn(C)c2)cn2nccc12. The van der Waals surface area contributed by atoms with E-state index in [-0.39, 0.29) is 5.91 Å². The largest absolute Gasteiger partial charge is 0.383 e. The highest BCUT2D eigenvalue weighted by atomic mass is 16.2. The standard InChI is InChI=1S/C21H24N6O/c1-3-21(28)26-12-15-7-18(26)6-14(15)9-22-19-8-16(17-10-24-25(2)11-17)13-27-20(19)4-5-23-27/h3-5,8,10-11,13-15,18,22H,1,6-7,9,12H2,2H3/t14-,15-,18?/m0/s1. The van der Waals surface area contributed by atoms with Crippen LogP contribution in [0.3, 0.4) is 0 Å². The number of fused-ring (bicyclic) bond motifs is 3. The molecule has 2 aliphatic rings. The van der Waals surface area contributed by atoms with E-state index >= 15 is 0 Å². The van der Waals surface area contributed by atoms with E-state index in [0.717, 1.165) is 48.3 Å². The van der Waals surface area contributed by atoms with Gasteiger partial charge in [-0.2, -0.15) is 10.2 Å². The van der Waals surface area contributed by atoms with Crippen LogP contribution < -0.4 is 5.32 Å². The molecule has 5 rings (SSSR count). The van der Waals surface area contributed by atoms with Gasteiger partial charge >= 0.3 is 0 Å². The number of pyridine rings is 1. The molecule has 0 radical (unpaired) electrons. The van der Waals surface area contributed by atoms with Crippen LogP contribution in [0.5, 0.6) is 0 Å². The van der Waals surface area contributed by atoms with Crippen LogP contribution >= 0.6 is 0 Å². The minimum Gasteiger partial charge on any atom is -0.383 e. The van der Waals surface area contributed by atoms with E-state index in [1.165, 1.54) is 6.08 Å². The molecule has 144 valence electrons. The van der Waals surface area contributed by atoms with Gasteiger partial charge in [0.25, 0.3) is 0 Å². The molecular weight excluding hydrogens is 352 g/mol. The summed E-state index contributed by atoms with van der Waals surface area (Å²) in [4.78, 5) is 13.9. The molecule has 7 heteroatoms. The number of hydrogen-bond acceptors (Lipinski definition) is 4. The molecule has 28 heavy (non-hydrogen) atoms. The van der Waals surface area contributed by atoms with E-state index in [2.05, 4.69) is 28.2 Å². The van der Waals surface area contributed by atoms with Crippen LogP contribution in [-0.2, 0) is 11.8 Å². The number of rotatable bonds is 5. The fraction of sp³-hybridized carbons (Fsp3) is 0.381. The minimum atomic E-state index is 0.0732. The molecule has 0 spiro atoms. The summed E-state index contributed by atoms with van der Waals surface area (Å²) < 4.78 is 3.72. The lowest BCUT2D eigenvalue weighted by molar-refractivity contribution is -0.127. The molecule has 1 unspecified atom stereocenters. The van der Waals surface area contributed by atoms with Crippen molar-refractivity contribution in [2.45, 2.75) is 18.9 Å². The van der Waals surface area contributed by atoms with Crippen molar-refractivity contribution in [1.29, 1.82) is 0 Å². The van der Waals surface area contributed by atoms with Gasteiger partial charge in [-0.1, -0.05) is 6.58 Å². The van der Waals surface area contributed by atoms with Crippen molar-refractivity contribution in [3.05, 3.63) is 49.6 Å². The summed E-state index contributed by atoms with van der Waals surface area (Å²) >= 11 is 0. The zero-order chi connectivity index (χ0) is 19.3. The first-order chi connectivity index (χ1) is 13.6. The lowest BCUT2D eigenvalue weighted by Gasteiger charge is -2.31. The zero-order valence-corrected chi connectivity index (χ0v) is 16.0. The van der Waals surface area contributed by atoms with Crippen LogP contribution in [0.1, 0.15) is 12.8 Å². The van der Waals surface area contributed by atoms with Gasteiger partial charge in [-0.15, -0.1) is 0 Å². The van der Waals surface area contributed by atoms with E-state index in [1.54, 1.807) is 4.68 Å². The Kier molecular flexibility index (Phi) is 3.96. The van der Waals surface area contributed by atoms with Gasteiger partial charge in [0.05, 0.1) is 23.6 Å². The molecule has 4 heterocycles. The average molecular weight is 376 g/mol. The normalized spacial score (nSPS) is 23.5. The molecule has 1 saturated carbocycles. The lowest BCUT2D eigenvalue weighted by Crippen LogP contribution is -2.40. The quantitative estimate of drug-likeness (QED) is 0.695. The molecule has 1 aliphatic heterocycles. The van der Waals surface area contributed by atoms with Crippen LogP contribution in [0.2, 0.25) is 0 Å². The van der Waals surface area contributed by atoms with Crippen LogP contribution in [0.4, 0.5) is 5.69 Å². The van der Waals surface area contributed by atoms with Crippen molar-refractivity contribution in [3.63, 3.8) is 0 Å². The van der Waals surface area contributed by atoms with Gasteiger partial charge in [0, 0.05) is 49.7 Å². The first-order valence-corrected chi connectivity index (χ1v) is 9.75. The summed E-state index contributed by atoms with van der Waals surface area (Å²) in [5.41, 5.74) is 4.31. The Balaban J connectivity index is 1.34. The molecule has 7 nitrogen and oxygen atoms in total. The molecule has 2 fully saturated rings. The molecule has 3 atom stereocenters. The van der Waals surface area contributed by atoms with Gasteiger partial charge in [-0.25, -0.2) is 4.52 Å². The second kappa shape index (κ2) is 6.51. The Morgan fingerprint density at radius 2 is 2.21 bits per heavy atom. The van der Waals surface area contributed by atoms with Gasteiger partial charge in [0.2, 0.25) is 5.91 Å². The number of aromatic nitrogens is 4. The van der Waals surface area contributed by atoms with Crippen molar-refractivity contribution in [3.8, 4) is 11.1 Å². The number of likely N-dealkylation sites (tertiary alicyclic amines) is 1. The smallest absolute Gasteiger partial charge is 0.246 e. The van der Waals surface area contributed by atoms with E-state index in [4.69, 9.17) is 0 Å². The molecule has 1 N–H and O–H groups in total. The molecule has 3 aromatic rings. The van der Waals surface area contributed by atoms with Gasteiger partial charge in [0.1, 0.15) is 0 Å². The van der Waals surface area contributed by atoms with E-state index in [0.29, 0.717) is 17.9 Å². The summed E-state index contributed by atoms with van der Waals surface area (Å²) in [6.45, 7) is 5.40. The summed E-state index contributed by atoms with van der Waals surface area (Å²) in [6.07, 6.45) is 11.4. The summed E-state index contributed by atoms with van der Waals surface area (Å²) in [5, 5.41) is 12.4. The Hall–Kier alpha value is -3.09. The molecule has 1 aliphatic carbocycles. The zero-order valence-electron chi connectivity index (χ0n) is 16.0. The van der Waals surface area contributed by atoms with Crippen molar-refractivity contribution in [2.24, 2.45) is 18.9 Å². The third-order valence-corrected chi connectivity index (χ3v) is 6.25. The summed E-state index contributed by atoms with van der Waals surface area (Å²) in [6, 6.07) is 4.58. The number of anilines is 1. The first-order valence-electron chi connectivity index (χ1n) is 9.75. The van der Waals surface area contributed by atoms with Crippen molar-refractivity contribution in [2.75, 3.05) is 18.4 Å². The second-order valence-electron chi connectivity index (χ2n) is 7.93. The maximum Gasteiger partial charge on any atom is 0.246 e. The number of aryl methyl sites for hydroxylation is 1. The van der Waals surface area contributed by atoms with Crippen LogP contribution in [-0.4, -0.2) is 49.3 Å². The average Bonchev–Trinajstić information content (AvgIpc) is 3.48. The number of piperidine rings is 1. The highest BCUT2D eigenvalue weighted by Gasteiger charge is 2.45.